The van der Waals surface area contributed by atoms with Crippen LogP contribution in [0, 0.1) is 0 Å². The molecule has 6 aromatic rings. The first kappa shape index (κ1) is 20.3. The predicted octanol–water partition coefficient (Wildman–Crippen LogP) is 10.2. The molecule has 0 aliphatic carbocycles. The van der Waals surface area contributed by atoms with E-state index >= 15 is 0 Å². The van der Waals surface area contributed by atoms with Crippen molar-refractivity contribution in [2.75, 3.05) is 0 Å². The molecule has 0 fully saturated rings. The van der Waals surface area contributed by atoms with Crippen LogP contribution in [0.1, 0.15) is 20.5 Å². The number of benzene rings is 1. The predicted molar refractivity (Wildman–Crippen MR) is 146 cm³/mol. The van der Waals surface area contributed by atoms with Gasteiger partial charge in [0.05, 0.1) is 5.92 Å². The molecule has 0 saturated heterocycles. The maximum Gasteiger partial charge on any atom is 0.0622 e. The van der Waals surface area contributed by atoms with Gasteiger partial charge in [-0.15, -0.1) is 56.7 Å². The summed E-state index contributed by atoms with van der Waals surface area (Å²) in [6.07, 6.45) is 0. The second-order valence-corrected chi connectivity index (χ2v) is 12.6. The van der Waals surface area contributed by atoms with Crippen LogP contribution in [0.5, 0.6) is 0 Å². The normalized spacial score (nSPS) is 11.4. The quantitative estimate of drug-likeness (QED) is 0.212. The SMILES string of the molecule is c1ccc(-c2ccc(C(c3ccc(-c4cccs4)s3)c3ccc(-c4cccs4)s3)s2)cc1. The smallest absolute Gasteiger partial charge is 0.0622 e. The lowest BCUT2D eigenvalue weighted by Gasteiger charge is -2.12. The zero-order valence-electron chi connectivity index (χ0n) is 16.9. The summed E-state index contributed by atoms with van der Waals surface area (Å²) in [4.78, 5) is 11.0. The molecule has 32 heavy (non-hydrogen) atoms. The van der Waals surface area contributed by atoms with Gasteiger partial charge in [-0.25, -0.2) is 0 Å². The van der Waals surface area contributed by atoms with Gasteiger partial charge in [-0.1, -0.05) is 42.5 Å². The zero-order chi connectivity index (χ0) is 21.3. The van der Waals surface area contributed by atoms with Gasteiger partial charge in [0.2, 0.25) is 0 Å². The standard InChI is InChI=1S/C27H18S5/c1-2-6-18(7-3-1)19-10-13-24(30-19)27(25-14-11-22(31-25)20-8-4-16-28-20)26-15-12-23(32-26)21-9-5-17-29-21/h1-17,27H. The minimum Gasteiger partial charge on any atom is -0.143 e. The average molecular weight is 503 g/mol. The Balaban J connectivity index is 1.43. The zero-order valence-corrected chi connectivity index (χ0v) is 21.0. The van der Waals surface area contributed by atoms with Crippen LogP contribution in [0.15, 0.2) is 102 Å². The molecule has 6 rings (SSSR count). The molecule has 0 spiro atoms. The van der Waals surface area contributed by atoms with Crippen molar-refractivity contribution in [2.45, 2.75) is 5.92 Å². The lowest BCUT2D eigenvalue weighted by atomic mass is 10.0. The second-order valence-electron chi connectivity index (χ2n) is 7.36. The van der Waals surface area contributed by atoms with E-state index in [0.29, 0.717) is 0 Å². The summed E-state index contributed by atoms with van der Waals surface area (Å²) in [5, 5.41) is 4.31. The van der Waals surface area contributed by atoms with Crippen LogP contribution in [0.25, 0.3) is 29.9 Å². The topological polar surface area (TPSA) is 0 Å². The van der Waals surface area contributed by atoms with E-state index < -0.39 is 0 Å². The van der Waals surface area contributed by atoms with Gasteiger partial charge in [0.1, 0.15) is 0 Å². The van der Waals surface area contributed by atoms with Gasteiger partial charge in [0.15, 0.2) is 0 Å². The Labute approximate surface area is 207 Å². The van der Waals surface area contributed by atoms with E-state index in [9.17, 15) is 0 Å². The number of rotatable bonds is 6. The molecule has 5 heteroatoms. The van der Waals surface area contributed by atoms with Crippen LogP contribution in [0.4, 0.5) is 0 Å². The lowest BCUT2D eigenvalue weighted by Crippen LogP contribution is -1.95. The Bertz CT molecular complexity index is 1340. The van der Waals surface area contributed by atoms with Crippen LogP contribution in [-0.2, 0) is 0 Å². The van der Waals surface area contributed by atoms with E-state index in [0.717, 1.165) is 0 Å². The van der Waals surface area contributed by atoms with Gasteiger partial charge in [-0.2, -0.15) is 0 Å². The van der Waals surface area contributed by atoms with Crippen molar-refractivity contribution in [1.82, 2.24) is 0 Å². The summed E-state index contributed by atoms with van der Waals surface area (Å²) in [6.45, 7) is 0. The molecular formula is C27H18S5. The molecule has 0 bridgehead atoms. The Morgan fingerprint density at radius 2 is 0.906 bits per heavy atom. The molecule has 0 amide bonds. The first-order chi connectivity index (χ1) is 15.8. The van der Waals surface area contributed by atoms with Crippen LogP contribution >= 0.6 is 56.7 Å². The monoisotopic (exact) mass is 502 g/mol. The van der Waals surface area contributed by atoms with Gasteiger partial charge in [-0.05, 0) is 64.9 Å². The van der Waals surface area contributed by atoms with Gasteiger partial charge >= 0.3 is 0 Å². The molecule has 0 aliphatic heterocycles. The molecule has 5 heterocycles. The third kappa shape index (κ3) is 3.96. The Hall–Kier alpha value is -2.28. The summed E-state index contributed by atoms with van der Waals surface area (Å²) in [7, 11) is 0. The van der Waals surface area contributed by atoms with E-state index in [4.69, 9.17) is 0 Å². The van der Waals surface area contributed by atoms with Gasteiger partial charge in [0, 0.05) is 39.0 Å². The van der Waals surface area contributed by atoms with Gasteiger partial charge in [0.25, 0.3) is 0 Å². The maximum atomic E-state index is 2.33. The fraction of sp³-hybridized carbons (Fsp3) is 0.0370. The lowest BCUT2D eigenvalue weighted by molar-refractivity contribution is 1.07. The van der Waals surface area contributed by atoms with E-state index in [1.165, 1.54) is 44.6 Å². The van der Waals surface area contributed by atoms with E-state index in [2.05, 4.69) is 102 Å². The molecule has 0 atom stereocenters. The Kier molecular flexibility index (Phi) is 5.67. The van der Waals surface area contributed by atoms with E-state index in [-0.39, 0.29) is 5.92 Å². The largest absolute Gasteiger partial charge is 0.143 e. The highest BCUT2D eigenvalue weighted by molar-refractivity contribution is 7.23. The average Bonchev–Trinajstić information content (AvgIpc) is 3.65. The molecule has 1 aromatic carbocycles. The highest BCUT2D eigenvalue weighted by Crippen LogP contribution is 2.46. The Morgan fingerprint density at radius 3 is 1.41 bits per heavy atom. The summed E-state index contributed by atoms with van der Waals surface area (Å²) in [5.41, 5.74) is 1.29. The van der Waals surface area contributed by atoms with Crippen molar-refractivity contribution in [3.05, 3.63) is 116 Å². The number of hydrogen-bond donors (Lipinski definition) is 0. The minimum atomic E-state index is 0.273. The van der Waals surface area contributed by atoms with Crippen molar-refractivity contribution in [2.24, 2.45) is 0 Å². The second kappa shape index (κ2) is 8.93. The van der Waals surface area contributed by atoms with Crippen molar-refractivity contribution < 1.29 is 0 Å². The maximum absolute atomic E-state index is 2.33. The van der Waals surface area contributed by atoms with Gasteiger partial charge < -0.3 is 0 Å². The Morgan fingerprint density at radius 1 is 0.406 bits per heavy atom. The minimum absolute atomic E-state index is 0.273. The molecule has 156 valence electrons. The molecule has 5 aromatic heterocycles. The molecule has 0 saturated carbocycles. The highest BCUT2D eigenvalue weighted by atomic mass is 32.1. The molecule has 0 unspecified atom stereocenters. The first-order valence-electron chi connectivity index (χ1n) is 10.3. The fourth-order valence-corrected chi connectivity index (χ4v) is 9.14. The number of hydrogen-bond acceptors (Lipinski definition) is 5. The van der Waals surface area contributed by atoms with E-state index in [1.54, 1.807) is 0 Å². The molecule has 0 aliphatic rings. The first-order valence-corrected chi connectivity index (χ1v) is 14.5. The molecular weight excluding hydrogens is 485 g/mol. The van der Waals surface area contributed by atoms with Crippen molar-refractivity contribution in [3.63, 3.8) is 0 Å². The summed E-state index contributed by atoms with van der Waals surface area (Å²) >= 11 is 9.40. The van der Waals surface area contributed by atoms with Crippen LogP contribution < -0.4 is 0 Å². The fourth-order valence-electron chi connectivity index (χ4n) is 3.80. The summed E-state index contributed by atoms with van der Waals surface area (Å²) in [6, 6.07) is 33.3. The third-order valence-corrected chi connectivity index (χ3v) is 11.0. The van der Waals surface area contributed by atoms with Crippen LogP contribution in [0.2, 0.25) is 0 Å². The summed E-state index contributed by atoms with van der Waals surface area (Å²) in [5.74, 6) is 0.273. The van der Waals surface area contributed by atoms with Crippen LogP contribution in [0.3, 0.4) is 0 Å². The van der Waals surface area contributed by atoms with E-state index in [1.807, 2.05) is 56.7 Å². The highest BCUT2D eigenvalue weighted by Gasteiger charge is 2.23. The van der Waals surface area contributed by atoms with Crippen molar-refractivity contribution in [3.8, 4) is 29.9 Å². The molecule has 0 N–H and O–H groups in total. The van der Waals surface area contributed by atoms with Crippen molar-refractivity contribution >= 4 is 56.7 Å². The van der Waals surface area contributed by atoms with Crippen molar-refractivity contribution in [1.29, 1.82) is 0 Å². The molecule has 0 radical (unpaired) electrons. The molecule has 0 nitrogen and oxygen atoms in total. The number of thiophene rings is 5. The van der Waals surface area contributed by atoms with Crippen LogP contribution in [-0.4, -0.2) is 0 Å². The van der Waals surface area contributed by atoms with Gasteiger partial charge in [-0.3, -0.25) is 0 Å². The summed E-state index contributed by atoms with van der Waals surface area (Å²) < 4.78 is 0. The third-order valence-electron chi connectivity index (χ3n) is 5.32.